The lowest BCUT2D eigenvalue weighted by Crippen LogP contribution is -2.20. The molecule has 150 valence electrons. The van der Waals surface area contributed by atoms with Crippen molar-refractivity contribution in [2.75, 3.05) is 12.4 Å². The number of benzene rings is 3. The van der Waals surface area contributed by atoms with Crippen LogP contribution in [-0.2, 0) is 14.8 Å². The number of hydrogen-bond acceptors (Lipinski definition) is 5. The van der Waals surface area contributed by atoms with Crippen molar-refractivity contribution in [1.29, 1.82) is 0 Å². The van der Waals surface area contributed by atoms with E-state index in [1.165, 1.54) is 31.0 Å². The molecule has 0 radical (unpaired) electrons. The molecule has 8 heteroatoms. The average Bonchev–Trinajstić information content (AvgIpc) is 2.72. The van der Waals surface area contributed by atoms with Crippen LogP contribution in [0.3, 0.4) is 0 Å². The number of amides is 1. The lowest BCUT2D eigenvalue weighted by atomic mass is 10.1. The minimum atomic E-state index is -4.01. The number of primary sulfonamides is 1. The molecule has 0 aliphatic carbocycles. The van der Waals surface area contributed by atoms with Gasteiger partial charge >= 0.3 is 0 Å². The second kappa shape index (κ2) is 9.13. The molecule has 0 spiro atoms. The van der Waals surface area contributed by atoms with Gasteiger partial charge in [0.1, 0.15) is 15.9 Å². The van der Waals surface area contributed by atoms with Crippen molar-refractivity contribution in [3.05, 3.63) is 84.4 Å². The molecule has 0 fully saturated rings. The van der Waals surface area contributed by atoms with Crippen LogP contribution in [0.2, 0.25) is 0 Å². The standard InChI is InChI=1S/C21H20N2O4S2/c1-27-18-13-12-16(14-19(18)29(22,25)26)23-21(24)20(15-8-4-2-5-9-15)28-17-10-6-3-7-11-17/h2-14,20H,1H3,(H,23,24)(H2,22,25,26)/t20-/m1/s1. The van der Waals surface area contributed by atoms with Gasteiger partial charge in [-0.2, -0.15) is 0 Å². The molecule has 0 aliphatic heterocycles. The number of carbonyl (C=O) groups is 1. The summed E-state index contributed by atoms with van der Waals surface area (Å²) in [5, 5.41) is 7.52. The lowest BCUT2D eigenvalue weighted by molar-refractivity contribution is -0.115. The zero-order valence-electron chi connectivity index (χ0n) is 15.6. The fraction of sp³-hybridized carbons (Fsp3) is 0.0952. The summed E-state index contributed by atoms with van der Waals surface area (Å²) < 4.78 is 28.7. The van der Waals surface area contributed by atoms with Gasteiger partial charge in [0, 0.05) is 10.6 Å². The Morgan fingerprint density at radius 3 is 2.21 bits per heavy atom. The number of carbonyl (C=O) groups excluding carboxylic acids is 1. The first-order valence-corrected chi connectivity index (χ1v) is 11.1. The Kier molecular flexibility index (Phi) is 6.58. The number of nitrogens with two attached hydrogens (primary N) is 1. The fourth-order valence-corrected chi connectivity index (χ4v) is 4.49. The van der Waals surface area contributed by atoms with Crippen molar-refractivity contribution in [2.45, 2.75) is 15.0 Å². The molecule has 0 aromatic heterocycles. The molecule has 1 amide bonds. The Morgan fingerprint density at radius 1 is 1.00 bits per heavy atom. The summed E-state index contributed by atoms with van der Waals surface area (Å²) in [5.74, 6) is -0.167. The van der Waals surface area contributed by atoms with E-state index in [0.717, 1.165) is 10.5 Å². The van der Waals surface area contributed by atoms with Crippen molar-refractivity contribution in [2.24, 2.45) is 5.14 Å². The van der Waals surface area contributed by atoms with Gasteiger partial charge in [-0.1, -0.05) is 48.5 Å². The molecule has 1 atom stereocenters. The first kappa shape index (κ1) is 20.9. The topological polar surface area (TPSA) is 98.5 Å². The predicted octanol–water partition coefficient (Wildman–Crippen LogP) is 3.81. The van der Waals surface area contributed by atoms with Crippen molar-refractivity contribution < 1.29 is 17.9 Å². The lowest BCUT2D eigenvalue weighted by Gasteiger charge is -2.18. The van der Waals surface area contributed by atoms with Crippen molar-refractivity contribution in [3.63, 3.8) is 0 Å². The number of rotatable bonds is 7. The highest BCUT2D eigenvalue weighted by atomic mass is 32.2. The first-order valence-electron chi connectivity index (χ1n) is 8.67. The molecule has 0 saturated heterocycles. The normalized spacial score (nSPS) is 12.2. The maximum Gasteiger partial charge on any atom is 0.242 e. The van der Waals surface area contributed by atoms with E-state index >= 15 is 0 Å². The van der Waals surface area contributed by atoms with Crippen LogP contribution < -0.4 is 15.2 Å². The van der Waals surface area contributed by atoms with E-state index in [-0.39, 0.29) is 16.6 Å². The van der Waals surface area contributed by atoms with Crippen LogP contribution in [0.5, 0.6) is 5.75 Å². The van der Waals surface area contributed by atoms with Gasteiger partial charge in [0.05, 0.1) is 7.11 Å². The molecule has 3 N–H and O–H groups in total. The van der Waals surface area contributed by atoms with E-state index in [4.69, 9.17) is 9.88 Å². The van der Waals surface area contributed by atoms with Crippen LogP contribution >= 0.6 is 11.8 Å². The van der Waals surface area contributed by atoms with Crippen molar-refractivity contribution >= 4 is 33.4 Å². The third kappa shape index (κ3) is 5.38. The van der Waals surface area contributed by atoms with Gasteiger partial charge in [-0.05, 0) is 35.9 Å². The third-order valence-electron chi connectivity index (χ3n) is 4.08. The molecular formula is C21H20N2O4S2. The van der Waals surface area contributed by atoms with Gasteiger partial charge in [0.25, 0.3) is 0 Å². The summed E-state index contributed by atoms with van der Waals surface area (Å²) in [6.07, 6.45) is 0. The maximum atomic E-state index is 13.1. The highest BCUT2D eigenvalue weighted by molar-refractivity contribution is 8.00. The maximum absolute atomic E-state index is 13.1. The van der Waals surface area contributed by atoms with E-state index in [9.17, 15) is 13.2 Å². The first-order chi connectivity index (χ1) is 13.9. The monoisotopic (exact) mass is 428 g/mol. The summed E-state index contributed by atoms with van der Waals surface area (Å²) in [6, 6.07) is 23.3. The van der Waals surface area contributed by atoms with Crippen molar-refractivity contribution in [1.82, 2.24) is 0 Å². The number of anilines is 1. The van der Waals surface area contributed by atoms with Crippen LogP contribution in [0, 0.1) is 0 Å². The molecule has 3 rings (SSSR count). The van der Waals surface area contributed by atoms with Gasteiger partial charge in [-0.3, -0.25) is 4.79 Å². The summed E-state index contributed by atoms with van der Waals surface area (Å²) >= 11 is 1.41. The Bertz CT molecular complexity index is 1090. The molecular weight excluding hydrogens is 408 g/mol. The van der Waals surface area contributed by atoms with Gasteiger partial charge in [0.2, 0.25) is 15.9 Å². The van der Waals surface area contributed by atoms with Crippen LogP contribution in [0.4, 0.5) is 5.69 Å². The predicted molar refractivity (Wildman–Crippen MR) is 114 cm³/mol. The molecule has 0 aliphatic rings. The number of hydrogen-bond donors (Lipinski definition) is 2. The van der Waals surface area contributed by atoms with Gasteiger partial charge in [-0.15, -0.1) is 11.8 Å². The zero-order chi connectivity index (χ0) is 20.9. The molecule has 0 heterocycles. The van der Waals surface area contributed by atoms with E-state index in [1.54, 1.807) is 6.07 Å². The number of methoxy groups -OCH3 is 1. The zero-order valence-corrected chi connectivity index (χ0v) is 17.2. The van der Waals surface area contributed by atoms with E-state index < -0.39 is 15.3 Å². The molecule has 0 bridgehead atoms. The summed E-state index contributed by atoms with van der Waals surface area (Å²) in [7, 11) is -2.65. The Balaban J connectivity index is 1.91. The van der Waals surface area contributed by atoms with E-state index in [1.807, 2.05) is 60.7 Å². The summed E-state index contributed by atoms with van der Waals surface area (Å²) in [5.41, 5.74) is 1.15. The fourth-order valence-electron chi connectivity index (χ4n) is 2.72. The highest BCUT2D eigenvalue weighted by Crippen LogP contribution is 2.36. The van der Waals surface area contributed by atoms with Gasteiger partial charge in [0.15, 0.2) is 0 Å². The van der Waals surface area contributed by atoms with E-state index in [2.05, 4.69) is 5.32 Å². The number of nitrogens with one attached hydrogen (secondary N) is 1. The highest BCUT2D eigenvalue weighted by Gasteiger charge is 2.23. The second-order valence-corrected chi connectivity index (χ2v) is 8.83. The van der Waals surface area contributed by atoms with Crippen LogP contribution in [0.1, 0.15) is 10.8 Å². The smallest absolute Gasteiger partial charge is 0.242 e. The van der Waals surface area contributed by atoms with Crippen molar-refractivity contribution in [3.8, 4) is 5.75 Å². The van der Waals surface area contributed by atoms with Gasteiger partial charge < -0.3 is 10.1 Å². The molecule has 3 aromatic rings. The van der Waals surface area contributed by atoms with Crippen LogP contribution in [-0.4, -0.2) is 21.4 Å². The number of ether oxygens (including phenoxy) is 1. The second-order valence-electron chi connectivity index (χ2n) is 6.12. The largest absolute Gasteiger partial charge is 0.495 e. The van der Waals surface area contributed by atoms with Crippen LogP contribution in [0.25, 0.3) is 0 Å². The molecule has 0 saturated carbocycles. The Morgan fingerprint density at radius 2 is 1.62 bits per heavy atom. The minimum absolute atomic E-state index is 0.115. The Labute approximate surface area is 174 Å². The SMILES string of the molecule is COc1ccc(NC(=O)[C@H](Sc2ccccc2)c2ccccc2)cc1S(N)(=O)=O. The molecule has 29 heavy (non-hydrogen) atoms. The summed E-state index contributed by atoms with van der Waals surface area (Å²) in [6.45, 7) is 0. The summed E-state index contributed by atoms with van der Waals surface area (Å²) in [4.78, 5) is 13.8. The average molecular weight is 429 g/mol. The number of sulfonamides is 1. The molecule has 6 nitrogen and oxygen atoms in total. The third-order valence-corrected chi connectivity index (χ3v) is 6.27. The quantitative estimate of drug-likeness (QED) is 0.558. The van der Waals surface area contributed by atoms with Crippen LogP contribution in [0.15, 0.2) is 88.7 Å². The van der Waals surface area contributed by atoms with E-state index in [0.29, 0.717) is 5.69 Å². The van der Waals surface area contributed by atoms with Gasteiger partial charge in [-0.25, -0.2) is 13.6 Å². The molecule has 0 unspecified atom stereocenters. The minimum Gasteiger partial charge on any atom is -0.495 e. The number of thioether (sulfide) groups is 1. The molecule has 3 aromatic carbocycles. The Hall–Kier alpha value is -2.81.